The molecule has 2 heterocycles. The van der Waals surface area contributed by atoms with Gasteiger partial charge < -0.3 is 15.3 Å². The second-order valence-corrected chi connectivity index (χ2v) is 6.38. The molecule has 9 heteroatoms. The molecule has 2 N–H and O–H groups in total. The molecule has 1 aromatic rings. The summed E-state index contributed by atoms with van der Waals surface area (Å²) in [5.41, 5.74) is -0.669. The van der Waals surface area contributed by atoms with Crippen LogP contribution in [-0.2, 0) is 7.05 Å². The number of piperidine rings is 1. The largest absolute Gasteiger partial charge is 0.465 e. The summed E-state index contributed by atoms with van der Waals surface area (Å²) < 4.78 is 1.33. The summed E-state index contributed by atoms with van der Waals surface area (Å²) in [6, 6.07) is 1.83. The molecule has 0 unspecified atom stereocenters. The standard InChI is InChI=1S/C14H18ClN5O3/c1-14(8-17-13(22)23)3-5-20(6-4-14)12-18-9(7-16)10(15)11(21)19(12)2/h17H,3-6,8H2,1-2H3,(H,22,23). The number of nitriles is 1. The zero-order valence-electron chi connectivity index (χ0n) is 13.0. The van der Waals surface area contributed by atoms with Gasteiger partial charge in [0.25, 0.3) is 5.56 Å². The van der Waals surface area contributed by atoms with Gasteiger partial charge in [0.15, 0.2) is 5.69 Å². The second-order valence-electron chi connectivity index (χ2n) is 6.01. The molecule has 1 saturated heterocycles. The fourth-order valence-electron chi connectivity index (χ4n) is 2.63. The average molecular weight is 340 g/mol. The number of anilines is 1. The number of aromatic nitrogens is 2. The van der Waals surface area contributed by atoms with Crippen LogP contribution in [0.25, 0.3) is 0 Å². The molecule has 1 amide bonds. The summed E-state index contributed by atoms with van der Waals surface area (Å²) in [5.74, 6) is 0.407. The van der Waals surface area contributed by atoms with Crippen LogP contribution in [0.1, 0.15) is 25.5 Å². The van der Waals surface area contributed by atoms with Gasteiger partial charge in [-0.1, -0.05) is 18.5 Å². The summed E-state index contributed by atoms with van der Waals surface area (Å²) in [7, 11) is 1.57. The first-order valence-corrected chi connectivity index (χ1v) is 7.53. The zero-order valence-corrected chi connectivity index (χ0v) is 13.7. The number of hydrogen-bond acceptors (Lipinski definition) is 5. The van der Waals surface area contributed by atoms with E-state index in [2.05, 4.69) is 10.3 Å². The predicted molar refractivity (Wildman–Crippen MR) is 84.8 cm³/mol. The lowest BCUT2D eigenvalue weighted by molar-refractivity contribution is 0.178. The molecule has 1 fully saturated rings. The first-order chi connectivity index (χ1) is 10.8. The van der Waals surface area contributed by atoms with E-state index in [1.165, 1.54) is 4.57 Å². The molecule has 1 aliphatic heterocycles. The van der Waals surface area contributed by atoms with Gasteiger partial charge in [0.2, 0.25) is 5.95 Å². The number of halogens is 1. The Morgan fingerprint density at radius 3 is 2.65 bits per heavy atom. The SMILES string of the molecule is Cn1c(N2CCC(C)(CNC(=O)O)CC2)nc(C#N)c(Cl)c1=O. The molecule has 0 bridgehead atoms. The van der Waals surface area contributed by atoms with E-state index >= 15 is 0 Å². The van der Waals surface area contributed by atoms with Crippen molar-refractivity contribution in [2.75, 3.05) is 24.5 Å². The first kappa shape index (κ1) is 17.1. The molecule has 23 heavy (non-hydrogen) atoms. The average Bonchev–Trinajstić information content (AvgIpc) is 2.52. The third-order valence-corrected chi connectivity index (χ3v) is 4.58. The maximum absolute atomic E-state index is 12.1. The fourth-order valence-corrected chi connectivity index (χ4v) is 2.84. The predicted octanol–water partition coefficient (Wildman–Crippen LogP) is 1.18. The highest BCUT2D eigenvalue weighted by atomic mass is 35.5. The highest BCUT2D eigenvalue weighted by Crippen LogP contribution is 2.31. The Morgan fingerprint density at radius 1 is 1.52 bits per heavy atom. The minimum atomic E-state index is -1.03. The lowest BCUT2D eigenvalue weighted by atomic mass is 9.80. The van der Waals surface area contributed by atoms with Gasteiger partial charge in [-0.3, -0.25) is 9.36 Å². The zero-order chi connectivity index (χ0) is 17.2. The van der Waals surface area contributed by atoms with Gasteiger partial charge in [0.05, 0.1) is 0 Å². The van der Waals surface area contributed by atoms with Crippen molar-refractivity contribution in [1.82, 2.24) is 14.9 Å². The van der Waals surface area contributed by atoms with E-state index in [0.717, 1.165) is 12.8 Å². The van der Waals surface area contributed by atoms with Gasteiger partial charge >= 0.3 is 6.09 Å². The highest BCUT2D eigenvalue weighted by Gasteiger charge is 2.32. The Hall–Kier alpha value is -2.27. The van der Waals surface area contributed by atoms with Gasteiger partial charge in [0.1, 0.15) is 11.1 Å². The second kappa shape index (κ2) is 6.46. The number of carbonyl (C=O) groups is 1. The van der Waals surface area contributed by atoms with Crippen molar-refractivity contribution in [3.63, 3.8) is 0 Å². The molecule has 1 aromatic heterocycles. The van der Waals surface area contributed by atoms with Crippen LogP contribution in [0.5, 0.6) is 0 Å². The summed E-state index contributed by atoms with van der Waals surface area (Å²) in [4.78, 5) is 28.8. The van der Waals surface area contributed by atoms with Gasteiger partial charge in [-0.2, -0.15) is 5.26 Å². The van der Waals surface area contributed by atoms with E-state index in [1.54, 1.807) is 7.05 Å². The molecular formula is C14H18ClN5O3. The van der Waals surface area contributed by atoms with E-state index in [0.29, 0.717) is 25.6 Å². The summed E-state index contributed by atoms with van der Waals surface area (Å²) in [5, 5.41) is 20.0. The molecule has 0 radical (unpaired) electrons. The van der Waals surface area contributed by atoms with Crippen LogP contribution in [0.3, 0.4) is 0 Å². The lowest BCUT2D eigenvalue weighted by Gasteiger charge is -2.40. The summed E-state index contributed by atoms with van der Waals surface area (Å²) in [6.07, 6.45) is 0.454. The molecular weight excluding hydrogens is 322 g/mol. The van der Waals surface area contributed by atoms with Crippen LogP contribution in [0.2, 0.25) is 5.02 Å². The van der Waals surface area contributed by atoms with Crippen molar-refractivity contribution in [2.24, 2.45) is 12.5 Å². The van der Waals surface area contributed by atoms with Crippen LogP contribution in [0.15, 0.2) is 4.79 Å². The van der Waals surface area contributed by atoms with Gasteiger partial charge in [0, 0.05) is 26.7 Å². The number of nitrogens with one attached hydrogen (secondary N) is 1. The molecule has 0 atom stereocenters. The lowest BCUT2D eigenvalue weighted by Crippen LogP contribution is -2.46. The van der Waals surface area contributed by atoms with Crippen LogP contribution in [0, 0.1) is 16.7 Å². The van der Waals surface area contributed by atoms with Gasteiger partial charge in [-0.25, -0.2) is 9.78 Å². The monoisotopic (exact) mass is 339 g/mol. The first-order valence-electron chi connectivity index (χ1n) is 7.16. The minimum absolute atomic E-state index is 0.0781. The van der Waals surface area contributed by atoms with E-state index in [4.69, 9.17) is 22.0 Å². The van der Waals surface area contributed by atoms with Crippen molar-refractivity contribution in [3.8, 4) is 6.07 Å². The number of carboxylic acid groups (broad SMARTS) is 1. The minimum Gasteiger partial charge on any atom is -0.465 e. The van der Waals surface area contributed by atoms with Crippen LogP contribution in [-0.4, -0.2) is 40.4 Å². The third-order valence-electron chi connectivity index (χ3n) is 4.24. The molecule has 0 aromatic carbocycles. The Labute approximate surface area is 138 Å². The summed E-state index contributed by atoms with van der Waals surface area (Å²) in [6.45, 7) is 3.64. The molecule has 2 rings (SSSR count). The number of nitrogens with zero attached hydrogens (tertiary/aromatic N) is 4. The van der Waals surface area contributed by atoms with Crippen molar-refractivity contribution < 1.29 is 9.90 Å². The van der Waals surface area contributed by atoms with Crippen molar-refractivity contribution in [3.05, 3.63) is 21.1 Å². The quantitative estimate of drug-likeness (QED) is 0.855. The van der Waals surface area contributed by atoms with Gasteiger partial charge in [-0.05, 0) is 18.3 Å². The van der Waals surface area contributed by atoms with Crippen molar-refractivity contribution in [1.29, 1.82) is 5.26 Å². The number of rotatable bonds is 3. The van der Waals surface area contributed by atoms with Crippen LogP contribution < -0.4 is 15.8 Å². The van der Waals surface area contributed by atoms with Crippen LogP contribution >= 0.6 is 11.6 Å². The number of hydrogen-bond donors (Lipinski definition) is 2. The smallest absolute Gasteiger partial charge is 0.404 e. The van der Waals surface area contributed by atoms with Crippen LogP contribution in [0.4, 0.5) is 10.7 Å². The summed E-state index contributed by atoms with van der Waals surface area (Å²) >= 11 is 5.83. The van der Waals surface area contributed by atoms with E-state index in [1.807, 2.05) is 17.9 Å². The maximum Gasteiger partial charge on any atom is 0.404 e. The molecule has 1 aliphatic rings. The van der Waals surface area contributed by atoms with Crippen molar-refractivity contribution >= 4 is 23.6 Å². The Kier molecular flexibility index (Phi) is 4.80. The highest BCUT2D eigenvalue weighted by molar-refractivity contribution is 6.31. The molecule has 0 saturated carbocycles. The maximum atomic E-state index is 12.1. The van der Waals surface area contributed by atoms with E-state index in [-0.39, 0.29) is 16.1 Å². The normalized spacial score (nSPS) is 16.7. The molecule has 0 spiro atoms. The van der Waals surface area contributed by atoms with Crippen molar-refractivity contribution in [2.45, 2.75) is 19.8 Å². The Morgan fingerprint density at radius 2 is 2.13 bits per heavy atom. The number of amides is 1. The fraction of sp³-hybridized carbons (Fsp3) is 0.571. The third kappa shape index (κ3) is 3.56. The Bertz CT molecular complexity index is 716. The molecule has 8 nitrogen and oxygen atoms in total. The molecule has 124 valence electrons. The molecule has 0 aliphatic carbocycles. The van der Waals surface area contributed by atoms with E-state index in [9.17, 15) is 9.59 Å². The van der Waals surface area contributed by atoms with Gasteiger partial charge in [-0.15, -0.1) is 0 Å². The van der Waals surface area contributed by atoms with E-state index < -0.39 is 11.7 Å². The Balaban J connectivity index is 2.18. The topological polar surface area (TPSA) is 111 Å².